The van der Waals surface area contributed by atoms with Gasteiger partial charge in [-0.3, -0.25) is 0 Å². The van der Waals surface area contributed by atoms with Crippen molar-refractivity contribution in [2.24, 2.45) is 0 Å². The van der Waals surface area contributed by atoms with E-state index in [-0.39, 0.29) is 0 Å². The lowest BCUT2D eigenvalue weighted by atomic mass is 10.1. The van der Waals surface area contributed by atoms with Crippen LogP contribution in [0.25, 0.3) is 10.1 Å². The molecule has 0 N–H and O–H groups in total. The summed E-state index contributed by atoms with van der Waals surface area (Å²) in [5.74, 6) is 0. The summed E-state index contributed by atoms with van der Waals surface area (Å²) >= 11 is 1.79. The van der Waals surface area contributed by atoms with E-state index in [1.807, 2.05) is 0 Å². The van der Waals surface area contributed by atoms with Crippen molar-refractivity contribution in [1.82, 2.24) is 0 Å². The zero-order valence-electron chi connectivity index (χ0n) is 6.49. The first-order valence-corrected chi connectivity index (χ1v) is 4.91. The summed E-state index contributed by atoms with van der Waals surface area (Å²) in [6.45, 7) is 0.898. The highest BCUT2D eigenvalue weighted by atomic mass is 32.1. The van der Waals surface area contributed by atoms with Gasteiger partial charge in [-0.2, -0.15) is 0 Å². The Morgan fingerprint density at radius 2 is 2.25 bits per heavy atom. The van der Waals surface area contributed by atoms with E-state index in [0.717, 1.165) is 6.61 Å². The molecule has 1 atom stereocenters. The SMILES string of the molecule is c1cc(C2CO2)c2ccsc2c1. The molecule has 0 spiro atoms. The maximum Gasteiger partial charge on any atom is 0.107 e. The molecule has 2 aromatic rings. The van der Waals surface area contributed by atoms with E-state index in [1.54, 1.807) is 11.3 Å². The Kier molecular flexibility index (Phi) is 1.28. The summed E-state index contributed by atoms with van der Waals surface area (Å²) in [4.78, 5) is 0. The highest BCUT2D eigenvalue weighted by molar-refractivity contribution is 7.17. The number of fused-ring (bicyclic) bond motifs is 1. The summed E-state index contributed by atoms with van der Waals surface area (Å²) < 4.78 is 6.64. The largest absolute Gasteiger partial charge is 0.368 e. The van der Waals surface area contributed by atoms with Gasteiger partial charge in [0.15, 0.2) is 0 Å². The van der Waals surface area contributed by atoms with E-state index in [9.17, 15) is 0 Å². The minimum absolute atomic E-state index is 0.378. The number of thiophene rings is 1. The maximum atomic E-state index is 5.28. The van der Waals surface area contributed by atoms with Gasteiger partial charge >= 0.3 is 0 Å². The van der Waals surface area contributed by atoms with Gasteiger partial charge in [-0.1, -0.05) is 12.1 Å². The molecule has 1 nitrogen and oxygen atoms in total. The van der Waals surface area contributed by atoms with Crippen molar-refractivity contribution in [1.29, 1.82) is 0 Å². The minimum Gasteiger partial charge on any atom is -0.368 e. The molecule has 1 aliphatic rings. The summed E-state index contributed by atoms with van der Waals surface area (Å²) in [5.41, 5.74) is 1.36. The van der Waals surface area contributed by atoms with E-state index < -0.39 is 0 Å². The van der Waals surface area contributed by atoms with Crippen molar-refractivity contribution in [3.05, 3.63) is 35.2 Å². The molecule has 0 amide bonds. The summed E-state index contributed by atoms with van der Waals surface area (Å²) in [5, 5.41) is 3.50. The van der Waals surface area contributed by atoms with Crippen molar-refractivity contribution >= 4 is 21.4 Å². The van der Waals surface area contributed by atoms with Crippen LogP contribution in [0.4, 0.5) is 0 Å². The van der Waals surface area contributed by atoms with Crippen molar-refractivity contribution in [2.45, 2.75) is 6.10 Å². The summed E-state index contributed by atoms with van der Waals surface area (Å²) in [7, 11) is 0. The van der Waals surface area contributed by atoms with Crippen LogP contribution < -0.4 is 0 Å². The molecular formula is C10H8OS. The van der Waals surface area contributed by atoms with E-state index >= 15 is 0 Å². The summed E-state index contributed by atoms with van der Waals surface area (Å²) in [6, 6.07) is 8.60. The van der Waals surface area contributed by atoms with Gasteiger partial charge in [-0.05, 0) is 28.5 Å². The lowest BCUT2D eigenvalue weighted by Crippen LogP contribution is -1.79. The molecule has 1 fully saturated rings. The highest BCUT2D eigenvalue weighted by Crippen LogP contribution is 2.36. The van der Waals surface area contributed by atoms with Crippen LogP contribution in [0.5, 0.6) is 0 Å². The highest BCUT2D eigenvalue weighted by Gasteiger charge is 2.26. The molecule has 2 heterocycles. The lowest BCUT2D eigenvalue weighted by Gasteiger charge is -1.96. The smallest absolute Gasteiger partial charge is 0.107 e. The molecule has 1 aliphatic heterocycles. The molecule has 0 aliphatic carbocycles. The standard InChI is InChI=1S/C10H8OS/c1-2-7(9-6-11-9)8-4-5-12-10(8)3-1/h1-5,9H,6H2. The molecule has 0 saturated carbocycles. The molecule has 1 saturated heterocycles. The van der Waals surface area contributed by atoms with Crippen LogP contribution in [0.2, 0.25) is 0 Å². The first kappa shape index (κ1) is 6.63. The second-order valence-corrected chi connectivity index (χ2v) is 3.95. The van der Waals surface area contributed by atoms with Crippen LogP contribution >= 0.6 is 11.3 Å². The maximum absolute atomic E-state index is 5.28. The van der Waals surface area contributed by atoms with E-state index in [2.05, 4.69) is 29.6 Å². The molecule has 12 heavy (non-hydrogen) atoms. The third-order valence-corrected chi connectivity index (χ3v) is 3.09. The van der Waals surface area contributed by atoms with Crippen molar-refractivity contribution in [2.75, 3.05) is 6.61 Å². The van der Waals surface area contributed by atoms with Crippen LogP contribution in [0.1, 0.15) is 11.7 Å². The van der Waals surface area contributed by atoms with Gasteiger partial charge in [0.2, 0.25) is 0 Å². The van der Waals surface area contributed by atoms with E-state index in [1.165, 1.54) is 15.6 Å². The predicted octanol–water partition coefficient (Wildman–Crippen LogP) is 2.97. The normalized spacial score (nSPS) is 21.5. The summed E-state index contributed by atoms with van der Waals surface area (Å²) in [6.07, 6.45) is 0.378. The van der Waals surface area contributed by atoms with Crippen LogP contribution in [0.15, 0.2) is 29.6 Å². The number of benzene rings is 1. The van der Waals surface area contributed by atoms with E-state index in [4.69, 9.17) is 4.74 Å². The van der Waals surface area contributed by atoms with Gasteiger partial charge in [0.1, 0.15) is 6.10 Å². The molecule has 0 radical (unpaired) electrons. The number of rotatable bonds is 1. The molecule has 1 aromatic carbocycles. The topological polar surface area (TPSA) is 12.5 Å². The zero-order valence-corrected chi connectivity index (χ0v) is 7.30. The first-order chi connectivity index (χ1) is 5.95. The van der Waals surface area contributed by atoms with Gasteiger partial charge < -0.3 is 4.74 Å². The molecule has 1 aromatic heterocycles. The zero-order chi connectivity index (χ0) is 7.97. The molecule has 1 unspecified atom stereocenters. The van der Waals surface area contributed by atoms with Crippen molar-refractivity contribution in [3.8, 4) is 0 Å². The van der Waals surface area contributed by atoms with Crippen LogP contribution in [0, 0.1) is 0 Å². The monoisotopic (exact) mass is 176 g/mol. The third-order valence-electron chi connectivity index (χ3n) is 2.21. The fraction of sp³-hybridized carbons (Fsp3) is 0.200. The van der Waals surface area contributed by atoms with Crippen LogP contribution in [-0.2, 0) is 4.74 Å². The van der Waals surface area contributed by atoms with Gasteiger partial charge in [0.05, 0.1) is 6.61 Å². The fourth-order valence-electron chi connectivity index (χ4n) is 1.53. The predicted molar refractivity (Wildman–Crippen MR) is 50.5 cm³/mol. The molecule has 2 heteroatoms. The van der Waals surface area contributed by atoms with Crippen molar-refractivity contribution in [3.63, 3.8) is 0 Å². The minimum atomic E-state index is 0.378. The lowest BCUT2D eigenvalue weighted by molar-refractivity contribution is 0.417. The first-order valence-electron chi connectivity index (χ1n) is 4.03. The Balaban J connectivity index is 2.32. The third kappa shape index (κ3) is 0.886. The Morgan fingerprint density at radius 3 is 3.08 bits per heavy atom. The fourth-order valence-corrected chi connectivity index (χ4v) is 2.35. The van der Waals surface area contributed by atoms with Crippen LogP contribution in [-0.4, -0.2) is 6.61 Å². The number of ether oxygens (including phenoxy) is 1. The Morgan fingerprint density at radius 1 is 1.33 bits per heavy atom. The number of hydrogen-bond acceptors (Lipinski definition) is 2. The van der Waals surface area contributed by atoms with Gasteiger partial charge in [-0.25, -0.2) is 0 Å². The van der Waals surface area contributed by atoms with Gasteiger partial charge in [0, 0.05) is 4.70 Å². The molecule has 60 valence electrons. The van der Waals surface area contributed by atoms with Gasteiger partial charge in [-0.15, -0.1) is 11.3 Å². The molecule has 3 rings (SSSR count). The number of hydrogen-bond donors (Lipinski definition) is 0. The molecular weight excluding hydrogens is 168 g/mol. The molecule has 0 bridgehead atoms. The van der Waals surface area contributed by atoms with Crippen molar-refractivity contribution < 1.29 is 4.74 Å². The van der Waals surface area contributed by atoms with Crippen LogP contribution in [0.3, 0.4) is 0 Å². The van der Waals surface area contributed by atoms with E-state index in [0.29, 0.717) is 6.10 Å². The quantitative estimate of drug-likeness (QED) is 0.608. The van der Waals surface area contributed by atoms with Gasteiger partial charge in [0.25, 0.3) is 0 Å². The Bertz CT molecular complexity index is 414. The average molecular weight is 176 g/mol. The Labute approximate surface area is 74.6 Å². The Hall–Kier alpha value is -0.860. The average Bonchev–Trinajstić information content (AvgIpc) is 2.82. The number of epoxide rings is 1. The second kappa shape index (κ2) is 2.31. The second-order valence-electron chi connectivity index (χ2n) is 3.00.